The van der Waals surface area contributed by atoms with Gasteiger partial charge in [-0.3, -0.25) is 0 Å². The molecular weight excluding hydrogens is 188 g/mol. The highest BCUT2D eigenvalue weighted by Gasteiger charge is 2.04. The number of aliphatic hydroxyl groups is 1. The van der Waals surface area contributed by atoms with Crippen molar-refractivity contribution in [3.8, 4) is 5.75 Å². The van der Waals surface area contributed by atoms with Crippen molar-refractivity contribution in [2.75, 3.05) is 6.61 Å². The number of benzene rings is 1. The molecule has 0 amide bonds. The molecule has 0 fully saturated rings. The van der Waals surface area contributed by atoms with E-state index >= 15 is 0 Å². The van der Waals surface area contributed by atoms with E-state index in [2.05, 4.69) is 6.92 Å². The zero-order valence-electron chi connectivity index (χ0n) is 9.79. The van der Waals surface area contributed by atoms with Crippen LogP contribution in [0, 0.1) is 6.92 Å². The van der Waals surface area contributed by atoms with E-state index in [-0.39, 0.29) is 0 Å². The van der Waals surface area contributed by atoms with E-state index in [0.717, 1.165) is 36.3 Å². The minimum atomic E-state index is -0.409. The Morgan fingerprint density at radius 2 is 2.13 bits per heavy atom. The molecule has 0 saturated carbocycles. The number of rotatable bonds is 5. The van der Waals surface area contributed by atoms with Gasteiger partial charge < -0.3 is 9.84 Å². The minimum absolute atomic E-state index is 0.409. The summed E-state index contributed by atoms with van der Waals surface area (Å²) >= 11 is 0. The molecule has 0 heterocycles. The van der Waals surface area contributed by atoms with Gasteiger partial charge in [-0.15, -0.1) is 0 Å². The monoisotopic (exact) mass is 208 g/mol. The van der Waals surface area contributed by atoms with Crippen molar-refractivity contribution in [3.05, 3.63) is 29.3 Å². The number of unbranched alkanes of at least 4 members (excludes halogenated alkanes) is 1. The van der Waals surface area contributed by atoms with E-state index in [4.69, 9.17) is 4.74 Å². The molecule has 0 aliphatic carbocycles. The maximum atomic E-state index is 9.41. The predicted molar refractivity (Wildman–Crippen MR) is 62.2 cm³/mol. The van der Waals surface area contributed by atoms with Crippen LogP contribution in [0.5, 0.6) is 5.75 Å². The van der Waals surface area contributed by atoms with E-state index in [1.807, 2.05) is 25.1 Å². The molecule has 2 heteroatoms. The summed E-state index contributed by atoms with van der Waals surface area (Å²) in [5.41, 5.74) is 2.03. The van der Waals surface area contributed by atoms with Gasteiger partial charge in [0.25, 0.3) is 0 Å². The van der Waals surface area contributed by atoms with Crippen LogP contribution in [0.1, 0.15) is 43.9 Å². The number of hydrogen-bond acceptors (Lipinski definition) is 2. The quantitative estimate of drug-likeness (QED) is 0.753. The standard InChI is InChI=1S/C13H20O2/c1-4-5-8-15-13-7-6-12(11(3)14)9-10(13)2/h6-7,9,11,14H,4-5,8H2,1-3H3. The van der Waals surface area contributed by atoms with Crippen molar-refractivity contribution in [2.45, 2.75) is 39.7 Å². The smallest absolute Gasteiger partial charge is 0.122 e. The molecule has 1 N–H and O–H groups in total. The third kappa shape index (κ3) is 3.56. The molecule has 0 radical (unpaired) electrons. The van der Waals surface area contributed by atoms with Crippen LogP contribution in [0.15, 0.2) is 18.2 Å². The first-order chi connectivity index (χ1) is 7.15. The third-order valence-corrected chi connectivity index (χ3v) is 2.44. The minimum Gasteiger partial charge on any atom is -0.493 e. The number of aliphatic hydroxyl groups excluding tert-OH is 1. The summed E-state index contributed by atoms with van der Waals surface area (Å²) in [5.74, 6) is 0.924. The summed E-state index contributed by atoms with van der Waals surface area (Å²) in [7, 11) is 0. The zero-order chi connectivity index (χ0) is 11.3. The zero-order valence-corrected chi connectivity index (χ0v) is 9.79. The van der Waals surface area contributed by atoms with Crippen molar-refractivity contribution >= 4 is 0 Å². The fourth-order valence-electron chi connectivity index (χ4n) is 1.42. The fourth-order valence-corrected chi connectivity index (χ4v) is 1.42. The van der Waals surface area contributed by atoms with E-state index < -0.39 is 6.10 Å². The van der Waals surface area contributed by atoms with Gasteiger partial charge in [-0.1, -0.05) is 19.4 Å². The van der Waals surface area contributed by atoms with Gasteiger partial charge in [0.2, 0.25) is 0 Å². The molecule has 1 aromatic carbocycles. The Labute approximate surface area is 91.9 Å². The third-order valence-electron chi connectivity index (χ3n) is 2.44. The summed E-state index contributed by atoms with van der Waals surface area (Å²) in [4.78, 5) is 0. The Bertz CT molecular complexity index is 305. The molecule has 15 heavy (non-hydrogen) atoms. The molecule has 0 bridgehead atoms. The summed E-state index contributed by atoms with van der Waals surface area (Å²) < 4.78 is 5.63. The normalized spacial score (nSPS) is 12.5. The lowest BCUT2D eigenvalue weighted by molar-refractivity contribution is 0.199. The molecule has 0 aromatic heterocycles. The van der Waals surface area contributed by atoms with Crippen molar-refractivity contribution in [1.29, 1.82) is 0 Å². The highest BCUT2D eigenvalue weighted by atomic mass is 16.5. The van der Waals surface area contributed by atoms with Crippen LogP contribution in [-0.2, 0) is 0 Å². The predicted octanol–water partition coefficient (Wildman–Crippen LogP) is 3.23. The summed E-state index contributed by atoms with van der Waals surface area (Å²) in [6, 6.07) is 5.83. The van der Waals surface area contributed by atoms with Crippen LogP contribution in [0.4, 0.5) is 0 Å². The van der Waals surface area contributed by atoms with E-state index in [1.54, 1.807) is 6.92 Å². The Morgan fingerprint density at radius 1 is 1.40 bits per heavy atom. The van der Waals surface area contributed by atoms with Gasteiger partial charge in [0.1, 0.15) is 5.75 Å². The molecule has 1 rings (SSSR count). The number of hydrogen-bond donors (Lipinski definition) is 1. The first-order valence-electron chi connectivity index (χ1n) is 5.56. The van der Waals surface area contributed by atoms with Crippen LogP contribution < -0.4 is 4.74 Å². The van der Waals surface area contributed by atoms with Gasteiger partial charge in [-0.05, 0) is 43.5 Å². The number of aryl methyl sites for hydroxylation is 1. The van der Waals surface area contributed by atoms with Crippen LogP contribution in [0.2, 0.25) is 0 Å². The molecule has 2 nitrogen and oxygen atoms in total. The highest BCUT2D eigenvalue weighted by Crippen LogP contribution is 2.22. The fraction of sp³-hybridized carbons (Fsp3) is 0.538. The molecule has 0 aliphatic heterocycles. The molecule has 1 aromatic rings. The average Bonchev–Trinajstić information content (AvgIpc) is 2.20. The molecule has 0 aliphatic rings. The second-order valence-corrected chi connectivity index (χ2v) is 3.90. The lowest BCUT2D eigenvalue weighted by Gasteiger charge is -2.11. The van der Waals surface area contributed by atoms with E-state index in [1.165, 1.54) is 0 Å². The maximum absolute atomic E-state index is 9.41. The summed E-state index contributed by atoms with van der Waals surface area (Å²) in [6.07, 6.45) is 1.82. The van der Waals surface area contributed by atoms with E-state index in [9.17, 15) is 5.11 Å². The van der Waals surface area contributed by atoms with Crippen LogP contribution in [0.3, 0.4) is 0 Å². The SMILES string of the molecule is CCCCOc1ccc(C(C)O)cc1C. The lowest BCUT2D eigenvalue weighted by Crippen LogP contribution is -1.99. The van der Waals surface area contributed by atoms with Crippen molar-refractivity contribution in [3.63, 3.8) is 0 Å². The highest BCUT2D eigenvalue weighted by molar-refractivity contribution is 5.36. The molecule has 1 unspecified atom stereocenters. The second-order valence-electron chi connectivity index (χ2n) is 3.90. The first kappa shape index (κ1) is 12.1. The van der Waals surface area contributed by atoms with Gasteiger partial charge in [0.05, 0.1) is 12.7 Å². The topological polar surface area (TPSA) is 29.5 Å². The van der Waals surface area contributed by atoms with Crippen molar-refractivity contribution in [1.82, 2.24) is 0 Å². The van der Waals surface area contributed by atoms with Gasteiger partial charge in [0.15, 0.2) is 0 Å². The van der Waals surface area contributed by atoms with Crippen LogP contribution in [-0.4, -0.2) is 11.7 Å². The van der Waals surface area contributed by atoms with Gasteiger partial charge in [-0.25, -0.2) is 0 Å². The molecule has 0 saturated heterocycles. The van der Waals surface area contributed by atoms with Gasteiger partial charge in [0, 0.05) is 0 Å². The maximum Gasteiger partial charge on any atom is 0.122 e. The lowest BCUT2D eigenvalue weighted by atomic mass is 10.1. The van der Waals surface area contributed by atoms with Gasteiger partial charge in [-0.2, -0.15) is 0 Å². The summed E-state index contributed by atoms with van der Waals surface area (Å²) in [5, 5.41) is 9.41. The molecule has 0 spiro atoms. The molecular formula is C13H20O2. The van der Waals surface area contributed by atoms with Crippen molar-refractivity contribution in [2.24, 2.45) is 0 Å². The van der Waals surface area contributed by atoms with Crippen molar-refractivity contribution < 1.29 is 9.84 Å². The summed E-state index contributed by atoms with van der Waals surface area (Å²) in [6.45, 7) is 6.69. The second kappa shape index (κ2) is 5.76. The van der Waals surface area contributed by atoms with E-state index in [0.29, 0.717) is 0 Å². The number of ether oxygens (including phenoxy) is 1. The van der Waals surface area contributed by atoms with Crippen LogP contribution in [0.25, 0.3) is 0 Å². The Morgan fingerprint density at radius 3 is 2.67 bits per heavy atom. The largest absolute Gasteiger partial charge is 0.493 e. The molecule has 84 valence electrons. The molecule has 1 atom stereocenters. The Balaban J connectivity index is 2.66. The van der Waals surface area contributed by atoms with Gasteiger partial charge >= 0.3 is 0 Å². The van der Waals surface area contributed by atoms with Crippen LogP contribution >= 0.6 is 0 Å². The Kier molecular flexibility index (Phi) is 4.63. The first-order valence-corrected chi connectivity index (χ1v) is 5.56. The average molecular weight is 208 g/mol. The Hall–Kier alpha value is -1.02.